The van der Waals surface area contributed by atoms with Gasteiger partial charge in [-0.3, -0.25) is 18.7 Å². The predicted octanol–water partition coefficient (Wildman–Crippen LogP) is 2.12. The van der Waals surface area contributed by atoms with Gasteiger partial charge in [-0.15, -0.1) is 0 Å². The summed E-state index contributed by atoms with van der Waals surface area (Å²) in [6.45, 7) is 4.94. The standard InChI is InChI=1S/C20H24N4O3/c1-5-12-24-16(19(26)23(6-2)14-10-8-7-9-11-14)13-15-17(24)21(3)20(27)22(4)18(15)25/h7-11,13H,5-6,12H2,1-4H3. The van der Waals surface area contributed by atoms with Gasteiger partial charge in [-0.1, -0.05) is 25.1 Å². The molecule has 3 aromatic rings. The minimum atomic E-state index is -0.405. The van der Waals surface area contributed by atoms with Gasteiger partial charge in [0.2, 0.25) is 0 Å². The fraction of sp³-hybridized carbons (Fsp3) is 0.350. The minimum absolute atomic E-state index is 0.192. The second-order valence-corrected chi connectivity index (χ2v) is 6.51. The number of carbonyl (C=O) groups excluding carboxylic acids is 1. The molecule has 2 heterocycles. The van der Waals surface area contributed by atoms with Crippen LogP contribution in [-0.2, 0) is 20.6 Å². The zero-order valence-electron chi connectivity index (χ0n) is 16.1. The SMILES string of the molecule is CCCn1c(C(=O)N(CC)c2ccccc2)cc2c(=O)n(C)c(=O)n(C)c21. The molecule has 0 unspecified atom stereocenters. The number of nitrogens with zero attached hydrogens (tertiary/aromatic N) is 4. The number of para-hydroxylation sites is 1. The van der Waals surface area contributed by atoms with Crippen LogP contribution < -0.4 is 16.1 Å². The molecule has 0 radical (unpaired) electrons. The molecule has 142 valence electrons. The van der Waals surface area contributed by atoms with E-state index >= 15 is 0 Å². The quantitative estimate of drug-likeness (QED) is 0.693. The molecule has 7 heteroatoms. The summed E-state index contributed by atoms with van der Waals surface area (Å²) in [6.07, 6.45) is 0.769. The molecule has 0 aliphatic rings. The Balaban J connectivity index is 2.28. The fourth-order valence-electron chi connectivity index (χ4n) is 3.46. The summed E-state index contributed by atoms with van der Waals surface area (Å²) < 4.78 is 4.29. The number of fused-ring (bicyclic) bond motifs is 1. The molecule has 0 saturated carbocycles. The number of hydrogen-bond donors (Lipinski definition) is 0. The van der Waals surface area contributed by atoms with E-state index in [1.165, 1.54) is 11.6 Å². The van der Waals surface area contributed by atoms with Crippen LogP contribution in [0.3, 0.4) is 0 Å². The van der Waals surface area contributed by atoms with Crippen LogP contribution in [0.2, 0.25) is 0 Å². The third-order valence-electron chi connectivity index (χ3n) is 4.79. The van der Waals surface area contributed by atoms with Crippen LogP contribution in [0.25, 0.3) is 11.0 Å². The Morgan fingerprint density at radius 1 is 1.04 bits per heavy atom. The van der Waals surface area contributed by atoms with Crippen molar-refractivity contribution in [3.05, 3.63) is 62.9 Å². The Morgan fingerprint density at radius 3 is 2.30 bits per heavy atom. The molecule has 0 atom stereocenters. The molecule has 27 heavy (non-hydrogen) atoms. The van der Waals surface area contributed by atoms with E-state index in [2.05, 4.69) is 0 Å². The molecular formula is C20H24N4O3. The Labute approximate surface area is 157 Å². The van der Waals surface area contributed by atoms with Crippen molar-refractivity contribution < 1.29 is 4.79 Å². The second-order valence-electron chi connectivity index (χ2n) is 6.51. The fourth-order valence-corrected chi connectivity index (χ4v) is 3.46. The molecule has 1 amide bonds. The van der Waals surface area contributed by atoms with Crippen LogP contribution in [0.4, 0.5) is 5.69 Å². The highest BCUT2D eigenvalue weighted by Gasteiger charge is 2.24. The van der Waals surface area contributed by atoms with E-state index in [4.69, 9.17) is 0 Å². The summed E-state index contributed by atoms with van der Waals surface area (Å²) in [5.41, 5.74) is 0.894. The van der Waals surface area contributed by atoms with Crippen LogP contribution in [0.15, 0.2) is 46.0 Å². The normalized spacial score (nSPS) is 11.1. The third-order valence-corrected chi connectivity index (χ3v) is 4.79. The van der Waals surface area contributed by atoms with E-state index in [-0.39, 0.29) is 11.5 Å². The van der Waals surface area contributed by atoms with E-state index in [0.717, 1.165) is 16.7 Å². The Morgan fingerprint density at radius 2 is 1.70 bits per heavy atom. The number of carbonyl (C=O) groups is 1. The van der Waals surface area contributed by atoms with Gasteiger partial charge in [-0.25, -0.2) is 4.79 Å². The van der Waals surface area contributed by atoms with Crippen LogP contribution in [-0.4, -0.2) is 26.2 Å². The van der Waals surface area contributed by atoms with Crippen LogP contribution in [0.5, 0.6) is 0 Å². The molecular weight excluding hydrogens is 344 g/mol. The van der Waals surface area contributed by atoms with Gasteiger partial charge in [-0.2, -0.15) is 0 Å². The van der Waals surface area contributed by atoms with Gasteiger partial charge >= 0.3 is 5.69 Å². The second kappa shape index (κ2) is 7.26. The number of aromatic nitrogens is 3. The van der Waals surface area contributed by atoms with Gasteiger partial charge in [0.05, 0.1) is 5.39 Å². The highest BCUT2D eigenvalue weighted by molar-refractivity contribution is 6.07. The first-order valence-corrected chi connectivity index (χ1v) is 9.08. The first-order valence-electron chi connectivity index (χ1n) is 9.08. The highest BCUT2D eigenvalue weighted by Crippen LogP contribution is 2.21. The first-order chi connectivity index (χ1) is 12.9. The maximum absolute atomic E-state index is 13.3. The van der Waals surface area contributed by atoms with Crippen molar-refractivity contribution in [2.75, 3.05) is 11.4 Å². The molecule has 0 bridgehead atoms. The van der Waals surface area contributed by atoms with Crippen LogP contribution in [0.1, 0.15) is 30.8 Å². The summed E-state index contributed by atoms with van der Waals surface area (Å²) in [6, 6.07) is 11.0. The lowest BCUT2D eigenvalue weighted by Gasteiger charge is -2.22. The molecule has 0 spiro atoms. The lowest BCUT2D eigenvalue weighted by Crippen LogP contribution is -2.37. The summed E-state index contributed by atoms with van der Waals surface area (Å²) >= 11 is 0. The predicted molar refractivity (Wildman–Crippen MR) is 107 cm³/mol. The molecule has 0 fully saturated rings. The molecule has 1 aromatic carbocycles. The molecule has 0 saturated heterocycles. The van der Waals surface area contributed by atoms with Crippen LogP contribution in [0, 0.1) is 0 Å². The smallest absolute Gasteiger partial charge is 0.322 e. The largest absolute Gasteiger partial charge is 0.332 e. The summed E-state index contributed by atoms with van der Waals surface area (Å²) in [4.78, 5) is 40.0. The Hall–Kier alpha value is -3.09. The minimum Gasteiger partial charge on any atom is -0.322 e. The monoisotopic (exact) mass is 368 g/mol. The van der Waals surface area contributed by atoms with E-state index in [1.54, 1.807) is 22.6 Å². The van der Waals surface area contributed by atoms with Gasteiger partial charge in [0.15, 0.2) is 0 Å². The van der Waals surface area contributed by atoms with Gasteiger partial charge in [0.1, 0.15) is 11.3 Å². The lowest BCUT2D eigenvalue weighted by molar-refractivity contribution is 0.0979. The Bertz CT molecular complexity index is 1110. The van der Waals surface area contributed by atoms with E-state index in [1.807, 2.05) is 44.2 Å². The van der Waals surface area contributed by atoms with Gasteiger partial charge in [0.25, 0.3) is 11.5 Å². The number of hydrogen-bond acceptors (Lipinski definition) is 3. The maximum atomic E-state index is 13.3. The zero-order valence-corrected chi connectivity index (χ0v) is 16.1. The summed E-state index contributed by atoms with van der Waals surface area (Å²) in [5.74, 6) is -0.192. The van der Waals surface area contributed by atoms with E-state index in [9.17, 15) is 14.4 Å². The summed E-state index contributed by atoms with van der Waals surface area (Å²) in [5, 5.41) is 0.375. The van der Waals surface area contributed by atoms with E-state index < -0.39 is 5.69 Å². The van der Waals surface area contributed by atoms with Crippen molar-refractivity contribution in [1.82, 2.24) is 13.7 Å². The highest BCUT2D eigenvalue weighted by atomic mass is 16.2. The van der Waals surface area contributed by atoms with Crippen molar-refractivity contribution >= 4 is 22.6 Å². The Kier molecular flexibility index (Phi) is 5.03. The number of anilines is 1. The van der Waals surface area contributed by atoms with Crippen LogP contribution >= 0.6 is 0 Å². The molecule has 0 aliphatic carbocycles. The third kappa shape index (κ3) is 2.99. The van der Waals surface area contributed by atoms with Crippen molar-refractivity contribution in [2.24, 2.45) is 14.1 Å². The van der Waals surface area contributed by atoms with E-state index in [0.29, 0.717) is 29.8 Å². The molecule has 0 aliphatic heterocycles. The van der Waals surface area contributed by atoms with Gasteiger partial charge in [0, 0.05) is 32.9 Å². The number of amides is 1. The zero-order chi connectivity index (χ0) is 19.7. The number of benzene rings is 1. The topological polar surface area (TPSA) is 69.2 Å². The number of rotatable bonds is 5. The summed E-state index contributed by atoms with van der Waals surface area (Å²) in [7, 11) is 3.07. The number of aryl methyl sites for hydroxylation is 2. The average Bonchev–Trinajstić information content (AvgIpc) is 3.06. The average molecular weight is 368 g/mol. The maximum Gasteiger partial charge on any atom is 0.332 e. The van der Waals surface area contributed by atoms with Gasteiger partial charge < -0.3 is 9.47 Å². The molecule has 3 rings (SSSR count). The van der Waals surface area contributed by atoms with Crippen molar-refractivity contribution in [2.45, 2.75) is 26.8 Å². The van der Waals surface area contributed by atoms with Crippen molar-refractivity contribution in [3.8, 4) is 0 Å². The molecule has 2 aromatic heterocycles. The van der Waals surface area contributed by atoms with Crippen molar-refractivity contribution in [3.63, 3.8) is 0 Å². The van der Waals surface area contributed by atoms with Gasteiger partial charge in [-0.05, 0) is 31.5 Å². The first kappa shape index (κ1) is 18.7. The van der Waals surface area contributed by atoms with Crippen molar-refractivity contribution in [1.29, 1.82) is 0 Å². The lowest BCUT2D eigenvalue weighted by atomic mass is 10.2. The molecule has 0 N–H and O–H groups in total. The molecule has 7 nitrogen and oxygen atoms in total.